The zero-order chi connectivity index (χ0) is 21.5. The van der Waals surface area contributed by atoms with Crippen LogP contribution in [0.1, 0.15) is 16.8 Å². The zero-order valence-corrected chi connectivity index (χ0v) is 17.2. The Bertz CT molecular complexity index is 926. The molecule has 0 aliphatic carbocycles. The van der Waals surface area contributed by atoms with E-state index in [0.717, 1.165) is 0 Å². The molecule has 0 saturated carbocycles. The summed E-state index contributed by atoms with van der Waals surface area (Å²) in [5.74, 6) is -0.698. The summed E-state index contributed by atoms with van der Waals surface area (Å²) in [6.45, 7) is 0.410. The minimum absolute atomic E-state index is 0.0317. The highest BCUT2D eigenvalue weighted by molar-refractivity contribution is 7.98. The van der Waals surface area contributed by atoms with Gasteiger partial charge < -0.3 is 15.4 Å². The van der Waals surface area contributed by atoms with Crippen LogP contribution < -0.4 is 15.5 Å². The van der Waals surface area contributed by atoms with E-state index in [9.17, 15) is 18.8 Å². The molecule has 158 valence electrons. The highest BCUT2D eigenvalue weighted by atomic mass is 32.2. The lowest BCUT2D eigenvalue weighted by Gasteiger charge is -2.19. The van der Waals surface area contributed by atoms with E-state index in [0.29, 0.717) is 23.4 Å². The number of rotatable bonds is 8. The number of hydrogen-bond donors (Lipinski definition) is 2. The van der Waals surface area contributed by atoms with E-state index in [1.807, 2.05) is 6.26 Å². The van der Waals surface area contributed by atoms with Crippen LogP contribution in [0.4, 0.5) is 20.6 Å². The molecular weight excluding hydrogens is 409 g/mol. The number of benzene rings is 2. The van der Waals surface area contributed by atoms with Crippen molar-refractivity contribution in [3.63, 3.8) is 0 Å². The van der Waals surface area contributed by atoms with Gasteiger partial charge in [0.1, 0.15) is 18.5 Å². The number of nitrogens with one attached hydrogen (secondary N) is 2. The lowest BCUT2D eigenvalue weighted by molar-refractivity contribution is -0.118. The Kier molecular flexibility index (Phi) is 7.29. The molecule has 0 spiro atoms. The predicted octanol–water partition coefficient (Wildman–Crippen LogP) is 3.27. The first-order valence-electron chi connectivity index (χ1n) is 9.39. The maximum atomic E-state index is 14.2. The molecule has 0 unspecified atom stereocenters. The molecule has 1 saturated heterocycles. The topological polar surface area (TPSA) is 87.7 Å². The minimum Gasteiger partial charge on any atom is -0.447 e. The summed E-state index contributed by atoms with van der Waals surface area (Å²) >= 11 is 1.56. The largest absolute Gasteiger partial charge is 0.447 e. The molecular formula is C21H22FN3O4S. The number of hydrogen-bond acceptors (Lipinski definition) is 5. The van der Waals surface area contributed by atoms with E-state index in [2.05, 4.69) is 10.6 Å². The van der Waals surface area contributed by atoms with Crippen molar-refractivity contribution < 1.29 is 23.5 Å². The molecule has 1 fully saturated rings. The van der Waals surface area contributed by atoms with Crippen molar-refractivity contribution >= 4 is 41.0 Å². The van der Waals surface area contributed by atoms with Gasteiger partial charge in [-0.25, -0.2) is 9.18 Å². The Morgan fingerprint density at radius 3 is 2.67 bits per heavy atom. The summed E-state index contributed by atoms with van der Waals surface area (Å²) < 4.78 is 19.0. The van der Waals surface area contributed by atoms with Crippen molar-refractivity contribution in [2.45, 2.75) is 12.5 Å². The highest BCUT2D eigenvalue weighted by Crippen LogP contribution is 2.26. The minimum atomic E-state index is -0.768. The third kappa shape index (κ3) is 5.29. The van der Waals surface area contributed by atoms with Gasteiger partial charge in [0.25, 0.3) is 5.91 Å². The van der Waals surface area contributed by atoms with Gasteiger partial charge in [-0.3, -0.25) is 14.5 Å². The van der Waals surface area contributed by atoms with Gasteiger partial charge in [-0.2, -0.15) is 11.8 Å². The molecule has 1 aliphatic heterocycles. The SMILES string of the molecule is CSCC[C@H](NC(=O)c1ccccc1)C(=O)Nc1ccc(F)c(N2CCOC2=O)c1. The van der Waals surface area contributed by atoms with E-state index in [1.165, 1.54) is 23.1 Å². The monoisotopic (exact) mass is 431 g/mol. The van der Waals surface area contributed by atoms with Gasteiger partial charge in [-0.1, -0.05) is 18.2 Å². The fourth-order valence-corrected chi connectivity index (χ4v) is 3.45. The fraction of sp³-hybridized carbons (Fsp3) is 0.286. The van der Waals surface area contributed by atoms with Crippen LogP contribution in [0.3, 0.4) is 0 Å². The van der Waals surface area contributed by atoms with Gasteiger partial charge in [0, 0.05) is 11.3 Å². The van der Waals surface area contributed by atoms with Gasteiger partial charge in [0.2, 0.25) is 5.91 Å². The third-order valence-corrected chi connectivity index (χ3v) is 5.18. The maximum absolute atomic E-state index is 14.2. The maximum Gasteiger partial charge on any atom is 0.414 e. The Labute approximate surface area is 178 Å². The van der Waals surface area contributed by atoms with Crippen molar-refractivity contribution in [3.8, 4) is 0 Å². The molecule has 1 heterocycles. The summed E-state index contributed by atoms with van der Waals surface area (Å²) in [6, 6.07) is 11.8. The molecule has 9 heteroatoms. The standard InChI is InChI=1S/C21H22FN3O4S/c1-30-12-9-17(24-19(26)14-5-3-2-4-6-14)20(27)23-15-7-8-16(22)18(13-15)25-10-11-29-21(25)28/h2-8,13,17H,9-12H2,1H3,(H,23,27)(H,24,26)/t17-/m0/s1. The molecule has 30 heavy (non-hydrogen) atoms. The molecule has 1 aliphatic rings. The number of carbonyl (C=O) groups is 3. The molecule has 1 atom stereocenters. The van der Waals surface area contributed by atoms with Gasteiger partial charge in [-0.15, -0.1) is 0 Å². The van der Waals surface area contributed by atoms with Gasteiger partial charge in [0.15, 0.2) is 0 Å². The summed E-state index contributed by atoms with van der Waals surface area (Å²) in [5, 5.41) is 5.46. The summed E-state index contributed by atoms with van der Waals surface area (Å²) in [7, 11) is 0. The van der Waals surface area contributed by atoms with Crippen LogP contribution in [0.25, 0.3) is 0 Å². The molecule has 3 rings (SSSR count). The van der Waals surface area contributed by atoms with Crippen molar-refractivity contribution in [3.05, 3.63) is 59.9 Å². The third-order valence-electron chi connectivity index (χ3n) is 4.53. The molecule has 3 amide bonds. The molecule has 2 N–H and O–H groups in total. The quantitative estimate of drug-likeness (QED) is 0.670. The second-order valence-corrected chi connectivity index (χ2v) is 7.58. The number of anilines is 2. The molecule has 7 nitrogen and oxygen atoms in total. The summed E-state index contributed by atoms with van der Waals surface area (Å²) in [5.41, 5.74) is 0.805. The van der Waals surface area contributed by atoms with Crippen molar-refractivity contribution in [1.82, 2.24) is 5.32 Å². The molecule has 0 aromatic heterocycles. The zero-order valence-electron chi connectivity index (χ0n) is 16.4. The summed E-state index contributed by atoms with van der Waals surface area (Å²) in [6.07, 6.45) is 1.71. The first kappa shape index (κ1) is 21.6. The molecule has 0 radical (unpaired) electrons. The van der Waals surface area contributed by atoms with Crippen molar-refractivity contribution in [2.75, 3.05) is 35.4 Å². The van der Waals surface area contributed by atoms with Crippen molar-refractivity contribution in [2.24, 2.45) is 0 Å². The smallest absolute Gasteiger partial charge is 0.414 e. The lowest BCUT2D eigenvalue weighted by Crippen LogP contribution is -2.44. The summed E-state index contributed by atoms with van der Waals surface area (Å²) in [4.78, 5) is 38.2. The van der Waals surface area contributed by atoms with Gasteiger partial charge >= 0.3 is 6.09 Å². The van der Waals surface area contributed by atoms with Crippen LogP contribution in [0, 0.1) is 5.82 Å². The van der Waals surface area contributed by atoms with Gasteiger partial charge in [0.05, 0.1) is 12.2 Å². The second-order valence-electron chi connectivity index (χ2n) is 6.59. The number of carbonyl (C=O) groups excluding carboxylic acids is 3. The highest BCUT2D eigenvalue weighted by Gasteiger charge is 2.27. The Morgan fingerprint density at radius 2 is 2.00 bits per heavy atom. The average molecular weight is 431 g/mol. The normalized spacial score (nSPS) is 14.2. The van der Waals surface area contributed by atoms with E-state index in [1.54, 1.807) is 42.1 Å². The molecule has 2 aromatic carbocycles. The van der Waals surface area contributed by atoms with Crippen LogP contribution in [0.2, 0.25) is 0 Å². The van der Waals surface area contributed by atoms with Crippen LogP contribution in [-0.2, 0) is 9.53 Å². The van der Waals surface area contributed by atoms with E-state index in [-0.39, 0.29) is 24.7 Å². The first-order chi connectivity index (χ1) is 14.5. The van der Waals surface area contributed by atoms with E-state index < -0.39 is 23.9 Å². The van der Waals surface area contributed by atoms with Crippen LogP contribution >= 0.6 is 11.8 Å². The van der Waals surface area contributed by atoms with E-state index >= 15 is 0 Å². The number of halogens is 1. The number of thioether (sulfide) groups is 1. The number of ether oxygens (including phenoxy) is 1. The predicted molar refractivity (Wildman–Crippen MR) is 114 cm³/mol. The van der Waals surface area contributed by atoms with Crippen molar-refractivity contribution in [1.29, 1.82) is 0 Å². The first-order valence-corrected chi connectivity index (χ1v) is 10.8. The van der Waals surface area contributed by atoms with Crippen LogP contribution in [-0.4, -0.2) is 49.1 Å². The fourth-order valence-electron chi connectivity index (χ4n) is 2.97. The number of cyclic esters (lactones) is 1. The number of nitrogens with zero attached hydrogens (tertiary/aromatic N) is 1. The second kappa shape index (κ2) is 10.1. The lowest BCUT2D eigenvalue weighted by atomic mass is 10.1. The Morgan fingerprint density at radius 1 is 1.23 bits per heavy atom. The molecule has 2 aromatic rings. The Balaban J connectivity index is 1.73. The molecule has 0 bridgehead atoms. The van der Waals surface area contributed by atoms with E-state index in [4.69, 9.17) is 4.74 Å². The van der Waals surface area contributed by atoms with Crippen LogP contribution in [0.5, 0.6) is 0 Å². The van der Waals surface area contributed by atoms with Gasteiger partial charge in [-0.05, 0) is 48.8 Å². The Hall–Kier alpha value is -3.07. The van der Waals surface area contributed by atoms with Crippen LogP contribution in [0.15, 0.2) is 48.5 Å². The number of amides is 3. The average Bonchev–Trinajstić information content (AvgIpc) is 3.18.